The standard InChI is InChI=1S/C13H17N3O2S2/c1-9-4-11(14)5-13(10(9)2)20(17,18)16(3)6-12-7-19-8-15-12/h4-5,7-8H,6,14H2,1-3H3. The van der Waals surface area contributed by atoms with Gasteiger partial charge in [0.25, 0.3) is 0 Å². The lowest BCUT2D eigenvalue weighted by atomic mass is 10.1. The fourth-order valence-corrected chi connectivity index (χ4v) is 3.94. The Hall–Kier alpha value is -1.44. The Labute approximate surface area is 123 Å². The second-order valence-electron chi connectivity index (χ2n) is 4.70. The molecule has 2 rings (SSSR count). The Bertz CT molecular complexity index is 709. The summed E-state index contributed by atoms with van der Waals surface area (Å²) in [7, 11) is -2.02. The van der Waals surface area contributed by atoms with Crippen LogP contribution in [0.2, 0.25) is 0 Å². The Kier molecular flexibility index (Phi) is 4.12. The number of anilines is 1. The summed E-state index contributed by atoms with van der Waals surface area (Å²) in [6.45, 7) is 3.89. The topological polar surface area (TPSA) is 76.3 Å². The summed E-state index contributed by atoms with van der Waals surface area (Å²) in [5.74, 6) is 0. The molecule has 108 valence electrons. The number of hydrogen-bond donors (Lipinski definition) is 1. The molecule has 1 aromatic heterocycles. The fourth-order valence-electron chi connectivity index (χ4n) is 1.92. The lowest BCUT2D eigenvalue weighted by molar-refractivity contribution is 0.462. The van der Waals surface area contributed by atoms with E-state index >= 15 is 0 Å². The van der Waals surface area contributed by atoms with E-state index in [2.05, 4.69) is 4.98 Å². The number of rotatable bonds is 4. The van der Waals surface area contributed by atoms with E-state index in [-0.39, 0.29) is 11.4 Å². The van der Waals surface area contributed by atoms with Gasteiger partial charge in [-0.2, -0.15) is 4.31 Å². The maximum absolute atomic E-state index is 12.6. The fraction of sp³-hybridized carbons (Fsp3) is 0.308. The van der Waals surface area contributed by atoms with Crippen LogP contribution in [0.1, 0.15) is 16.8 Å². The van der Waals surface area contributed by atoms with Gasteiger partial charge in [-0.3, -0.25) is 0 Å². The first-order valence-electron chi connectivity index (χ1n) is 6.02. The number of benzene rings is 1. The largest absolute Gasteiger partial charge is 0.399 e. The van der Waals surface area contributed by atoms with Gasteiger partial charge in [0.15, 0.2) is 0 Å². The Morgan fingerprint density at radius 2 is 2.05 bits per heavy atom. The van der Waals surface area contributed by atoms with Crippen molar-refractivity contribution < 1.29 is 8.42 Å². The molecule has 0 aliphatic carbocycles. The predicted octanol–water partition coefficient (Wildman–Crippen LogP) is 2.16. The first kappa shape index (κ1) is 15.0. The third kappa shape index (κ3) is 2.84. The summed E-state index contributed by atoms with van der Waals surface area (Å²) in [5, 5.41) is 1.84. The van der Waals surface area contributed by atoms with Gasteiger partial charge < -0.3 is 5.73 Å². The van der Waals surface area contributed by atoms with E-state index in [0.717, 1.165) is 16.8 Å². The van der Waals surface area contributed by atoms with E-state index in [0.29, 0.717) is 5.69 Å². The molecule has 0 saturated carbocycles. The highest BCUT2D eigenvalue weighted by molar-refractivity contribution is 7.89. The number of thiazole rings is 1. The number of hydrogen-bond acceptors (Lipinski definition) is 5. The molecule has 0 bridgehead atoms. The summed E-state index contributed by atoms with van der Waals surface area (Å²) in [4.78, 5) is 4.37. The molecule has 0 spiro atoms. The first-order chi connectivity index (χ1) is 9.32. The SMILES string of the molecule is Cc1cc(N)cc(S(=O)(=O)N(C)Cc2cscn2)c1C. The molecule has 7 heteroatoms. The highest BCUT2D eigenvalue weighted by atomic mass is 32.2. The van der Waals surface area contributed by atoms with Gasteiger partial charge in [0, 0.05) is 18.1 Å². The molecule has 0 radical (unpaired) electrons. The zero-order valence-electron chi connectivity index (χ0n) is 11.6. The number of sulfonamides is 1. The Balaban J connectivity index is 2.40. The molecule has 0 unspecified atom stereocenters. The minimum atomic E-state index is -3.57. The van der Waals surface area contributed by atoms with Gasteiger partial charge in [-0.1, -0.05) is 0 Å². The van der Waals surface area contributed by atoms with E-state index in [9.17, 15) is 8.42 Å². The number of aryl methyl sites for hydroxylation is 1. The average molecular weight is 311 g/mol. The summed E-state index contributed by atoms with van der Waals surface area (Å²) < 4.78 is 26.6. The summed E-state index contributed by atoms with van der Waals surface area (Å²) in [6.07, 6.45) is 0. The van der Waals surface area contributed by atoms with Gasteiger partial charge >= 0.3 is 0 Å². The van der Waals surface area contributed by atoms with Gasteiger partial charge in [0.05, 0.1) is 22.6 Å². The van der Waals surface area contributed by atoms with E-state index in [1.54, 1.807) is 25.5 Å². The van der Waals surface area contributed by atoms with Crippen LogP contribution in [0.15, 0.2) is 27.9 Å². The van der Waals surface area contributed by atoms with Crippen molar-refractivity contribution in [3.05, 3.63) is 39.8 Å². The third-order valence-electron chi connectivity index (χ3n) is 3.20. The maximum atomic E-state index is 12.6. The summed E-state index contributed by atoms with van der Waals surface area (Å²) >= 11 is 1.44. The molecule has 1 heterocycles. The molecular weight excluding hydrogens is 294 g/mol. The molecule has 20 heavy (non-hydrogen) atoms. The van der Waals surface area contributed by atoms with Crippen LogP contribution in [0.4, 0.5) is 5.69 Å². The monoisotopic (exact) mass is 311 g/mol. The van der Waals surface area contributed by atoms with Gasteiger partial charge in [0.1, 0.15) is 0 Å². The van der Waals surface area contributed by atoms with Crippen LogP contribution in [-0.4, -0.2) is 24.8 Å². The molecule has 0 amide bonds. The Morgan fingerprint density at radius 1 is 1.35 bits per heavy atom. The highest BCUT2D eigenvalue weighted by Crippen LogP contribution is 2.25. The number of nitrogens with two attached hydrogens (primary N) is 1. The van der Waals surface area contributed by atoms with Crippen molar-refractivity contribution in [2.24, 2.45) is 0 Å². The molecular formula is C13H17N3O2S2. The molecule has 2 aromatic rings. The third-order valence-corrected chi connectivity index (χ3v) is 5.76. The van der Waals surface area contributed by atoms with Crippen LogP contribution in [0.25, 0.3) is 0 Å². The van der Waals surface area contributed by atoms with Crippen molar-refractivity contribution in [1.29, 1.82) is 0 Å². The summed E-state index contributed by atoms with van der Waals surface area (Å²) in [5.41, 5.74) is 10.2. The molecule has 0 fully saturated rings. The van der Waals surface area contributed by atoms with Gasteiger partial charge in [-0.15, -0.1) is 11.3 Å². The number of nitrogen functional groups attached to an aromatic ring is 1. The van der Waals surface area contributed by atoms with Crippen LogP contribution in [0.3, 0.4) is 0 Å². The minimum absolute atomic E-state index is 0.249. The molecule has 0 aliphatic heterocycles. The van der Waals surface area contributed by atoms with Gasteiger partial charge in [0.2, 0.25) is 10.0 Å². The quantitative estimate of drug-likeness (QED) is 0.878. The predicted molar refractivity (Wildman–Crippen MR) is 81.1 cm³/mol. The van der Waals surface area contributed by atoms with Crippen molar-refractivity contribution in [2.45, 2.75) is 25.3 Å². The zero-order valence-corrected chi connectivity index (χ0v) is 13.3. The van der Waals surface area contributed by atoms with E-state index in [4.69, 9.17) is 5.73 Å². The molecule has 1 aromatic carbocycles. The highest BCUT2D eigenvalue weighted by Gasteiger charge is 2.24. The van der Waals surface area contributed by atoms with Crippen molar-refractivity contribution in [3.63, 3.8) is 0 Å². The van der Waals surface area contributed by atoms with Crippen LogP contribution in [-0.2, 0) is 16.6 Å². The van der Waals surface area contributed by atoms with Gasteiger partial charge in [-0.25, -0.2) is 13.4 Å². The van der Waals surface area contributed by atoms with Crippen molar-refractivity contribution in [2.75, 3.05) is 12.8 Å². The van der Waals surface area contributed by atoms with Crippen LogP contribution in [0, 0.1) is 13.8 Å². The number of aromatic nitrogens is 1. The minimum Gasteiger partial charge on any atom is -0.399 e. The molecule has 0 aliphatic rings. The smallest absolute Gasteiger partial charge is 0.243 e. The second kappa shape index (κ2) is 5.51. The van der Waals surface area contributed by atoms with E-state index in [1.807, 2.05) is 12.3 Å². The van der Waals surface area contributed by atoms with E-state index in [1.165, 1.54) is 21.7 Å². The Morgan fingerprint density at radius 3 is 2.65 bits per heavy atom. The lowest BCUT2D eigenvalue weighted by Gasteiger charge is -2.19. The molecule has 5 nitrogen and oxygen atoms in total. The second-order valence-corrected chi connectivity index (χ2v) is 7.43. The van der Waals surface area contributed by atoms with Crippen molar-refractivity contribution in [3.8, 4) is 0 Å². The number of nitrogens with zero attached hydrogens (tertiary/aromatic N) is 2. The van der Waals surface area contributed by atoms with Crippen LogP contribution in [0.5, 0.6) is 0 Å². The zero-order chi connectivity index (χ0) is 14.9. The van der Waals surface area contributed by atoms with Crippen molar-refractivity contribution >= 4 is 27.0 Å². The maximum Gasteiger partial charge on any atom is 0.243 e. The molecule has 0 saturated heterocycles. The van der Waals surface area contributed by atoms with Crippen LogP contribution < -0.4 is 5.73 Å². The van der Waals surface area contributed by atoms with Crippen LogP contribution >= 0.6 is 11.3 Å². The summed E-state index contributed by atoms with van der Waals surface area (Å²) in [6, 6.07) is 3.28. The molecule has 2 N–H and O–H groups in total. The molecule has 0 atom stereocenters. The average Bonchev–Trinajstić information content (AvgIpc) is 2.86. The lowest BCUT2D eigenvalue weighted by Crippen LogP contribution is -2.27. The van der Waals surface area contributed by atoms with Gasteiger partial charge in [-0.05, 0) is 37.1 Å². The first-order valence-corrected chi connectivity index (χ1v) is 8.41. The van der Waals surface area contributed by atoms with E-state index < -0.39 is 10.0 Å². The van der Waals surface area contributed by atoms with Crippen molar-refractivity contribution in [1.82, 2.24) is 9.29 Å². The normalized spacial score (nSPS) is 12.0.